The van der Waals surface area contributed by atoms with Gasteiger partial charge in [0.15, 0.2) is 5.78 Å². The first-order valence-electron chi connectivity index (χ1n) is 9.12. The van der Waals surface area contributed by atoms with Gasteiger partial charge in [0, 0.05) is 30.5 Å². The van der Waals surface area contributed by atoms with E-state index in [4.69, 9.17) is 10.5 Å². The van der Waals surface area contributed by atoms with E-state index in [1.807, 2.05) is 36.4 Å². The van der Waals surface area contributed by atoms with Gasteiger partial charge in [-0.1, -0.05) is 42.5 Å². The number of rotatable bonds is 3. The molecule has 7 nitrogen and oxygen atoms in total. The normalized spacial score (nSPS) is 21.3. The Hall–Kier alpha value is -3.92. The molecule has 2 atom stereocenters. The Labute approximate surface area is 166 Å². The SMILES string of the molecule is N#CC1=C(N)OC2=C(C(=O)C[C@H](c3ccccc3)C2)[C@H]1c1ccc([N+](=O)[O-])cc1. The lowest BCUT2D eigenvalue weighted by Gasteiger charge is -2.34. The molecule has 4 rings (SSSR count). The number of hydrogen-bond acceptors (Lipinski definition) is 6. The van der Waals surface area contributed by atoms with Crippen molar-refractivity contribution >= 4 is 11.5 Å². The number of non-ortho nitro benzene ring substituents is 1. The number of ketones is 1. The van der Waals surface area contributed by atoms with Crippen LogP contribution >= 0.6 is 0 Å². The Bertz CT molecular complexity index is 1100. The molecule has 0 unspecified atom stereocenters. The van der Waals surface area contributed by atoms with E-state index in [-0.39, 0.29) is 28.8 Å². The van der Waals surface area contributed by atoms with Crippen LogP contribution in [0.1, 0.15) is 35.8 Å². The number of carbonyl (C=O) groups excluding carboxylic acids is 1. The van der Waals surface area contributed by atoms with E-state index >= 15 is 0 Å². The molecule has 29 heavy (non-hydrogen) atoms. The lowest BCUT2D eigenvalue weighted by Crippen LogP contribution is -2.29. The first-order valence-corrected chi connectivity index (χ1v) is 9.12. The lowest BCUT2D eigenvalue weighted by molar-refractivity contribution is -0.384. The van der Waals surface area contributed by atoms with E-state index in [2.05, 4.69) is 0 Å². The number of ether oxygens (including phenoxy) is 1. The van der Waals surface area contributed by atoms with Gasteiger partial charge in [-0.05, 0) is 17.0 Å². The molecular weight excluding hydrogens is 370 g/mol. The van der Waals surface area contributed by atoms with Gasteiger partial charge in [-0.15, -0.1) is 0 Å². The fraction of sp³-hybridized carbons (Fsp3) is 0.182. The minimum atomic E-state index is -0.686. The summed E-state index contributed by atoms with van der Waals surface area (Å²) in [7, 11) is 0. The van der Waals surface area contributed by atoms with Crippen molar-refractivity contribution in [2.45, 2.75) is 24.7 Å². The molecule has 2 aromatic rings. The molecular formula is C22H17N3O4. The van der Waals surface area contributed by atoms with Crippen LogP contribution in [0, 0.1) is 21.4 Å². The van der Waals surface area contributed by atoms with Gasteiger partial charge in [-0.25, -0.2) is 0 Å². The van der Waals surface area contributed by atoms with E-state index in [9.17, 15) is 20.2 Å². The molecule has 0 amide bonds. The van der Waals surface area contributed by atoms with E-state index in [1.165, 1.54) is 12.1 Å². The monoisotopic (exact) mass is 387 g/mol. The van der Waals surface area contributed by atoms with Crippen LogP contribution in [0.4, 0.5) is 5.69 Å². The van der Waals surface area contributed by atoms with Crippen molar-refractivity contribution < 1.29 is 14.5 Å². The third-order valence-corrected chi connectivity index (χ3v) is 5.37. The molecule has 0 fully saturated rings. The Kier molecular flexibility index (Phi) is 4.61. The summed E-state index contributed by atoms with van der Waals surface area (Å²) in [5.74, 6) is -0.389. The fourth-order valence-electron chi connectivity index (χ4n) is 3.99. The van der Waals surface area contributed by atoms with Gasteiger partial charge in [0.05, 0.1) is 10.8 Å². The Morgan fingerprint density at radius 2 is 1.76 bits per heavy atom. The summed E-state index contributed by atoms with van der Waals surface area (Å²) < 4.78 is 5.72. The molecule has 7 heteroatoms. The van der Waals surface area contributed by atoms with E-state index in [0.29, 0.717) is 29.7 Å². The second-order valence-electron chi connectivity index (χ2n) is 7.05. The molecule has 0 radical (unpaired) electrons. The lowest BCUT2D eigenvalue weighted by atomic mass is 9.73. The third kappa shape index (κ3) is 3.25. The topological polar surface area (TPSA) is 119 Å². The molecule has 0 saturated carbocycles. The second-order valence-corrected chi connectivity index (χ2v) is 7.05. The van der Waals surface area contributed by atoms with Gasteiger partial charge in [0.1, 0.15) is 17.4 Å². The predicted molar refractivity (Wildman–Crippen MR) is 104 cm³/mol. The largest absolute Gasteiger partial charge is 0.444 e. The maximum Gasteiger partial charge on any atom is 0.269 e. The van der Waals surface area contributed by atoms with Crippen LogP contribution in [0.3, 0.4) is 0 Å². The minimum absolute atomic E-state index is 0.0311. The van der Waals surface area contributed by atoms with Crippen LogP contribution < -0.4 is 5.73 Å². The number of nitrogens with two attached hydrogens (primary N) is 1. The third-order valence-electron chi connectivity index (χ3n) is 5.37. The number of carbonyl (C=O) groups is 1. The highest BCUT2D eigenvalue weighted by Gasteiger charge is 2.40. The van der Waals surface area contributed by atoms with Crippen LogP contribution in [0.25, 0.3) is 0 Å². The highest BCUT2D eigenvalue weighted by Crippen LogP contribution is 2.46. The van der Waals surface area contributed by atoms with Gasteiger partial charge < -0.3 is 10.5 Å². The number of nitrogens with zero attached hydrogens (tertiary/aromatic N) is 2. The van der Waals surface area contributed by atoms with Crippen LogP contribution in [-0.2, 0) is 9.53 Å². The molecule has 0 bridgehead atoms. The van der Waals surface area contributed by atoms with Crippen molar-refractivity contribution in [3.8, 4) is 6.07 Å². The number of nitro groups is 1. The predicted octanol–water partition coefficient (Wildman–Crippen LogP) is 3.80. The summed E-state index contributed by atoms with van der Waals surface area (Å²) in [4.78, 5) is 23.6. The Morgan fingerprint density at radius 3 is 2.38 bits per heavy atom. The van der Waals surface area contributed by atoms with E-state index in [1.54, 1.807) is 12.1 Å². The van der Waals surface area contributed by atoms with Gasteiger partial charge in [0.2, 0.25) is 5.88 Å². The standard InChI is InChI=1S/C22H17N3O4/c23-12-17-20(14-6-8-16(9-7-14)25(27)28)21-18(26)10-15(11-19(21)29-22(17)24)13-4-2-1-3-5-13/h1-9,15,20H,10-11,24H2/t15-,20-/m0/s1. The highest BCUT2D eigenvalue weighted by atomic mass is 16.6. The maximum absolute atomic E-state index is 13.1. The van der Waals surface area contributed by atoms with Crippen LogP contribution in [0.15, 0.2) is 77.4 Å². The summed E-state index contributed by atoms with van der Waals surface area (Å²) in [6.45, 7) is 0. The van der Waals surface area contributed by atoms with Crippen LogP contribution in [0.5, 0.6) is 0 Å². The maximum atomic E-state index is 13.1. The summed E-state index contributed by atoms with van der Waals surface area (Å²) >= 11 is 0. The van der Waals surface area contributed by atoms with Crippen molar-refractivity contribution in [3.05, 3.63) is 98.6 Å². The highest BCUT2D eigenvalue weighted by molar-refractivity contribution is 6.00. The minimum Gasteiger partial charge on any atom is -0.444 e. The molecule has 1 aliphatic carbocycles. The summed E-state index contributed by atoms with van der Waals surface area (Å²) in [5.41, 5.74) is 8.14. The zero-order valence-corrected chi connectivity index (χ0v) is 15.4. The van der Waals surface area contributed by atoms with Crippen molar-refractivity contribution in [2.24, 2.45) is 5.73 Å². The molecule has 1 heterocycles. The zero-order chi connectivity index (χ0) is 20.5. The van der Waals surface area contributed by atoms with E-state index in [0.717, 1.165) is 5.56 Å². The Balaban J connectivity index is 1.77. The van der Waals surface area contributed by atoms with Gasteiger partial charge in [0.25, 0.3) is 5.69 Å². The average molecular weight is 387 g/mol. The van der Waals surface area contributed by atoms with Crippen LogP contribution in [-0.4, -0.2) is 10.7 Å². The fourth-order valence-corrected chi connectivity index (χ4v) is 3.99. The number of Topliss-reactive ketones (excluding diaryl/α,β-unsaturated/α-hetero) is 1. The summed E-state index contributed by atoms with van der Waals surface area (Å²) in [6.07, 6.45) is 0.794. The quantitative estimate of drug-likeness (QED) is 0.632. The molecule has 0 aromatic heterocycles. The number of nitro benzene ring substituents is 1. The Morgan fingerprint density at radius 1 is 1.07 bits per heavy atom. The van der Waals surface area contributed by atoms with Gasteiger partial charge in [-0.2, -0.15) is 5.26 Å². The molecule has 144 valence electrons. The van der Waals surface area contributed by atoms with E-state index < -0.39 is 10.8 Å². The van der Waals surface area contributed by atoms with Gasteiger partial charge >= 0.3 is 0 Å². The molecule has 2 N–H and O–H groups in total. The van der Waals surface area contributed by atoms with Crippen molar-refractivity contribution in [1.29, 1.82) is 5.26 Å². The van der Waals surface area contributed by atoms with Crippen LogP contribution in [0.2, 0.25) is 0 Å². The van der Waals surface area contributed by atoms with Crippen molar-refractivity contribution in [2.75, 3.05) is 0 Å². The molecule has 2 aliphatic rings. The summed E-state index contributed by atoms with van der Waals surface area (Å²) in [5, 5.41) is 20.6. The number of hydrogen-bond donors (Lipinski definition) is 1. The first kappa shape index (κ1) is 18.4. The number of nitriles is 1. The van der Waals surface area contributed by atoms with Crippen molar-refractivity contribution in [1.82, 2.24) is 0 Å². The summed E-state index contributed by atoms with van der Waals surface area (Å²) in [6, 6.07) is 17.6. The van der Waals surface area contributed by atoms with Crippen molar-refractivity contribution in [3.63, 3.8) is 0 Å². The average Bonchev–Trinajstić information content (AvgIpc) is 2.73. The molecule has 1 aliphatic heterocycles. The van der Waals surface area contributed by atoms with Gasteiger partial charge in [-0.3, -0.25) is 14.9 Å². The molecule has 0 saturated heterocycles. The number of benzene rings is 2. The zero-order valence-electron chi connectivity index (χ0n) is 15.4. The smallest absolute Gasteiger partial charge is 0.269 e. The first-order chi connectivity index (χ1) is 14.0. The molecule has 2 aromatic carbocycles. The number of allylic oxidation sites excluding steroid dienone is 3. The second kappa shape index (κ2) is 7.24. The molecule has 0 spiro atoms.